The number of para-hydroxylation sites is 1. The van der Waals surface area contributed by atoms with Gasteiger partial charge in [-0.25, -0.2) is 4.63 Å². The average molecular weight is 547 g/mol. The maximum atomic E-state index is 5.06. The fourth-order valence-corrected chi connectivity index (χ4v) is 4.58. The summed E-state index contributed by atoms with van der Waals surface area (Å²) in [6.07, 6.45) is 6.58. The van der Waals surface area contributed by atoms with Crippen molar-refractivity contribution in [3.8, 4) is 10.0 Å². The van der Waals surface area contributed by atoms with Gasteiger partial charge in [-0.1, -0.05) is 29.5 Å². The molecule has 9 heteroatoms. The van der Waals surface area contributed by atoms with Gasteiger partial charge in [-0.2, -0.15) is 9.45 Å². The summed E-state index contributed by atoms with van der Waals surface area (Å²) >= 11 is 3.65. The molecule has 0 radical (unpaired) electrons. The van der Waals surface area contributed by atoms with Gasteiger partial charge in [0, 0.05) is 57.8 Å². The molecule has 0 aliphatic heterocycles. The maximum absolute atomic E-state index is 5.06. The van der Waals surface area contributed by atoms with Crippen molar-refractivity contribution in [1.29, 1.82) is 0 Å². The molecule has 0 bridgehead atoms. The highest BCUT2D eigenvalue weighted by molar-refractivity contribution is 14.1. The number of hydrogen-bond acceptors (Lipinski definition) is 7. The van der Waals surface area contributed by atoms with Gasteiger partial charge in [0.1, 0.15) is 23.4 Å². The summed E-state index contributed by atoms with van der Waals surface area (Å²) in [5.41, 5.74) is 4.53. The number of likely N-dealkylation sites (N-methyl/N-ethyl adjacent to an activating group) is 1. The Morgan fingerprint density at radius 1 is 1.19 bits per heavy atom. The SMILES string of the molecule is CC[n+]1c(C=Cc2ccc(N(C)CCOOC#CI)c3nonc23)sc2ccccc21. The van der Waals surface area contributed by atoms with Crippen LogP contribution in [-0.4, -0.2) is 30.5 Å². The number of rotatable bonds is 8. The zero-order valence-corrected chi connectivity index (χ0v) is 20.0. The molecule has 0 atom stereocenters. The number of anilines is 1. The number of hydrogen-bond donors (Lipinski definition) is 0. The summed E-state index contributed by atoms with van der Waals surface area (Å²) in [5.74, 6) is 0. The molecule has 0 saturated heterocycles. The van der Waals surface area contributed by atoms with E-state index < -0.39 is 0 Å². The van der Waals surface area contributed by atoms with Gasteiger partial charge in [-0.3, -0.25) is 4.89 Å². The van der Waals surface area contributed by atoms with Gasteiger partial charge >= 0.3 is 0 Å². The minimum absolute atomic E-state index is 0.360. The predicted molar refractivity (Wildman–Crippen MR) is 131 cm³/mol. The van der Waals surface area contributed by atoms with Crippen LogP contribution < -0.4 is 9.47 Å². The van der Waals surface area contributed by atoms with Crippen molar-refractivity contribution in [2.75, 3.05) is 25.1 Å². The fraction of sp³-hybridized carbons (Fsp3) is 0.227. The van der Waals surface area contributed by atoms with Gasteiger partial charge in [0.2, 0.25) is 5.52 Å². The van der Waals surface area contributed by atoms with Crippen LogP contribution in [0.4, 0.5) is 5.69 Å². The van der Waals surface area contributed by atoms with Gasteiger partial charge < -0.3 is 4.90 Å². The number of aromatic nitrogens is 3. The molecule has 0 amide bonds. The van der Waals surface area contributed by atoms with E-state index in [2.05, 4.69) is 68.3 Å². The molecule has 2 aromatic heterocycles. The van der Waals surface area contributed by atoms with E-state index >= 15 is 0 Å². The largest absolute Gasteiger partial charge is 0.370 e. The third kappa shape index (κ3) is 4.66. The lowest BCUT2D eigenvalue weighted by Crippen LogP contribution is -2.33. The first kappa shape index (κ1) is 21.5. The van der Waals surface area contributed by atoms with Crippen LogP contribution in [-0.2, 0) is 16.3 Å². The molecule has 0 unspecified atom stereocenters. The Kier molecular flexibility index (Phi) is 7.01. The fourth-order valence-electron chi connectivity index (χ4n) is 3.36. The molecule has 2 aromatic carbocycles. The third-order valence-electron chi connectivity index (χ3n) is 4.84. The Morgan fingerprint density at radius 3 is 2.87 bits per heavy atom. The average Bonchev–Trinajstić information content (AvgIpc) is 3.41. The van der Waals surface area contributed by atoms with Crippen LogP contribution in [0.25, 0.3) is 33.4 Å². The standard InChI is InChI=1S/C22H20IN4O3S/c1-3-27-17-6-4-5-7-19(17)31-20(27)11-9-16-8-10-18(22-21(16)24-30-25-22)26(2)13-15-29-28-14-12-23/h4-11H,3,13,15H2,1-2H3/q+1. The lowest BCUT2D eigenvalue weighted by Gasteiger charge is -2.18. The molecule has 0 fully saturated rings. The first-order chi connectivity index (χ1) is 15.2. The summed E-state index contributed by atoms with van der Waals surface area (Å²) in [5, 5.41) is 9.44. The molecule has 31 heavy (non-hydrogen) atoms. The van der Waals surface area contributed by atoms with Crippen molar-refractivity contribution in [2.24, 2.45) is 0 Å². The normalized spacial score (nSPS) is 11.2. The van der Waals surface area contributed by atoms with Crippen LogP contribution in [0.1, 0.15) is 17.5 Å². The van der Waals surface area contributed by atoms with Gasteiger partial charge in [-0.15, -0.1) is 0 Å². The van der Waals surface area contributed by atoms with Gasteiger partial charge in [-0.05, 0) is 35.4 Å². The van der Waals surface area contributed by atoms with Gasteiger partial charge in [0.05, 0.1) is 5.69 Å². The minimum atomic E-state index is 0.360. The van der Waals surface area contributed by atoms with Crippen molar-refractivity contribution in [1.82, 2.24) is 10.3 Å². The first-order valence-electron chi connectivity index (χ1n) is 9.68. The number of benzene rings is 2. The Bertz CT molecular complexity index is 1290. The number of fused-ring (bicyclic) bond motifs is 2. The van der Waals surface area contributed by atoms with Crippen molar-refractivity contribution in [3.05, 3.63) is 47.0 Å². The predicted octanol–water partition coefficient (Wildman–Crippen LogP) is 4.65. The van der Waals surface area contributed by atoms with Crippen molar-refractivity contribution in [3.63, 3.8) is 0 Å². The summed E-state index contributed by atoms with van der Waals surface area (Å²) in [4.78, 5) is 11.8. The first-order valence-corrected chi connectivity index (χ1v) is 11.6. The smallest absolute Gasteiger partial charge is 0.262 e. The van der Waals surface area contributed by atoms with E-state index in [0.29, 0.717) is 18.7 Å². The highest BCUT2D eigenvalue weighted by atomic mass is 127. The summed E-state index contributed by atoms with van der Waals surface area (Å²) in [6, 6.07) is 12.5. The second kappa shape index (κ2) is 10.1. The van der Waals surface area contributed by atoms with E-state index in [0.717, 1.165) is 23.3 Å². The Labute approximate surface area is 197 Å². The van der Waals surface area contributed by atoms with Gasteiger partial charge in [0.15, 0.2) is 11.6 Å². The van der Waals surface area contributed by atoms with Crippen LogP contribution in [0.3, 0.4) is 0 Å². The van der Waals surface area contributed by atoms with E-state index in [4.69, 9.17) is 14.4 Å². The molecule has 4 rings (SSSR count). The molecule has 0 aliphatic carbocycles. The molecule has 0 saturated carbocycles. The number of thiazole rings is 1. The highest BCUT2D eigenvalue weighted by Crippen LogP contribution is 2.28. The number of halogens is 1. The topological polar surface area (TPSA) is 64.5 Å². The molecular weight excluding hydrogens is 527 g/mol. The Morgan fingerprint density at radius 2 is 2.03 bits per heavy atom. The molecule has 0 spiro atoms. The zero-order valence-electron chi connectivity index (χ0n) is 17.0. The number of aryl methyl sites for hydroxylation is 1. The second-order valence-corrected chi connectivity index (χ2v) is 8.25. The molecule has 7 nitrogen and oxygen atoms in total. The quantitative estimate of drug-likeness (QED) is 0.0800. The van der Waals surface area contributed by atoms with E-state index in [9.17, 15) is 0 Å². The van der Waals surface area contributed by atoms with Gasteiger partial charge in [0.25, 0.3) is 5.01 Å². The lowest BCUT2D eigenvalue weighted by atomic mass is 10.1. The second-order valence-electron chi connectivity index (χ2n) is 6.64. The zero-order chi connectivity index (χ0) is 21.6. The van der Waals surface area contributed by atoms with Crippen LogP contribution in [0.5, 0.6) is 0 Å². The van der Waals surface area contributed by atoms with E-state index in [-0.39, 0.29) is 0 Å². The summed E-state index contributed by atoms with van der Waals surface area (Å²) in [7, 11) is 1.95. The molecule has 2 heterocycles. The van der Waals surface area contributed by atoms with Crippen LogP contribution in [0.15, 0.2) is 41.0 Å². The molecule has 158 valence electrons. The third-order valence-corrected chi connectivity index (χ3v) is 6.20. The Hall–Kier alpha value is -2.68. The number of nitrogens with zero attached hydrogens (tertiary/aromatic N) is 4. The lowest BCUT2D eigenvalue weighted by molar-refractivity contribution is -0.665. The monoisotopic (exact) mass is 547 g/mol. The molecule has 4 aromatic rings. The minimum Gasteiger partial charge on any atom is -0.370 e. The van der Waals surface area contributed by atoms with E-state index in [1.54, 1.807) is 11.3 Å². The summed E-state index contributed by atoms with van der Waals surface area (Å²) < 4.78 is 11.2. The highest BCUT2D eigenvalue weighted by Gasteiger charge is 2.17. The van der Waals surface area contributed by atoms with E-state index in [1.807, 2.05) is 46.7 Å². The van der Waals surface area contributed by atoms with Crippen molar-refractivity contribution >= 4 is 73.0 Å². The van der Waals surface area contributed by atoms with Crippen molar-refractivity contribution < 1.29 is 19.0 Å². The molecule has 0 aliphatic rings. The van der Waals surface area contributed by atoms with Crippen LogP contribution >= 0.6 is 33.9 Å². The Balaban J connectivity index is 1.58. The molecule has 0 N–H and O–H groups in total. The van der Waals surface area contributed by atoms with Crippen LogP contribution in [0, 0.1) is 10.0 Å². The van der Waals surface area contributed by atoms with Crippen molar-refractivity contribution in [2.45, 2.75) is 13.5 Å². The van der Waals surface area contributed by atoms with E-state index in [1.165, 1.54) is 15.2 Å². The summed E-state index contributed by atoms with van der Waals surface area (Å²) in [6.45, 7) is 4.02. The maximum Gasteiger partial charge on any atom is 0.262 e. The molecular formula is C22H20IN4O3S+. The van der Waals surface area contributed by atoms with Crippen LogP contribution in [0.2, 0.25) is 0 Å².